The first-order valence-electron chi connectivity index (χ1n) is 10.1. The molecule has 4 rings (SSSR count). The second kappa shape index (κ2) is 9.00. The van der Waals surface area contributed by atoms with Gasteiger partial charge in [0.15, 0.2) is 5.82 Å². The zero-order valence-corrected chi connectivity index (χ0v) is 17.4. The number of ether oxygens (including phenoxy) is 1. The number of carbonyl (C=O) groups excluding carboxylic acids is 1. The fourth-order valence-corrected chi connectivity index (χ4v) is 3.51. The molecule has 0 radical (unpaired) electrons. The summed E-state index contributed by atoms with van der Waals surface area (Å²) >= 11 is 0. The molecule has 156 valence electrons. The van der Waals surface area contributed by atoms with Gasteiger partial charge in [0.05, 0.1) is 13.7 Å². The highest BCUT2D eigenvalue weighted by Gasteiger charge is 2.15. The normalized spacial score (nSPS) is 14.5. The number of piperazine rings is 1. The first-order chi connectivity index (χ1) is 14.6. The molecule has 3 aromatic rings. The fourth-order valence-electron chi connectivity index (χ4n) is 3.51. The number of methoxy groups -OCH3 is 1. The Morgan fingerprint density at radius 3 is 2.37 bits per heavy atom. The molecule has 0 atom stereocenters. The molecular formula is C23H27N5O2. The number of aromatic nitrogens is 2. The molecule has 2 aromatic carbocycles. The molecule has 30 heavy (non-hydrogen) atoms. The zero-order chi connectivity index (χ0) is 20.9. The summed E-state index contributed by atoms with van der Waals surface area (Å²) in [4.78, 5) is 17.3. The molecule has 2 heterocycles. The number of hydrogen-bond donors (Lipinski definition) is 1. The van der Waals surface area contributed by atoms with E-state index in [0.717, 1.165) is 43.2 Å². The molecule has 1 amide bonds. The maximum absolute atomic E-state index is 12.6. The maximum Gasteiger partial charge on any atom is 0.256 e. The van der Waals surface area contributed by atoms with E-state index in [1.807, 2.05) is 54.7 Å². The molecule has 0 unspecified atom stereocenters. The summed E-state index contributed by atoms with van der Waals surface area (Å²) < 4.78 is 6.98. The molecule has 0 saturated carbocycles. The van der Waals surface area contributed by atoms with E-state index >= 15 is 0 Å². The largest absolute Gasteiger partial charge is 0.497 e. The van der Waals surface area contributed by atoms with Gasteiger partial charge in [0, 0.05) is 49.7 Å². The van der Waals surface area contributed by atoms with E-state index in [1.54, 1.807) is 17.9 Å². The predicted molar refractivity (Wildman–Crippen MR) is 118 cm³/mol. The SMILES string of the molecule is COc1ccc(Cn2ccc(NC(=O)c3ccc(N4CCN(C)CC4)cc3)n2)cc1. The fraction of sp³-hybridized carbons (Fsp3) is 0.304. The van der Waals surface area contributed by atoms with Gasteiger partial charge < -0.3 is 19.9 Å². The molecule has 0 spiro atoms. The average Bonchev–Trinajstić information content (AvgIpc) is 3.21. The molecule has 1 aromatic heterocycles. The van der Waals surface area contributed by atoms with Crippen molar-refractivity contribution < 1.29 is 9.53 Å². The number of carbonyl (C=O) groups is 1. The van der Waals surface area contributed by atoms with Gasteiger partial charge in [-0.15, -0.1) is 0 Å². The van der Waals surface area contributed by atoms with Crippen molar-refractivity contribution in [3.63, 3.8) is 0 Å². The van der Waals surface area contributed by atoms with Crippen molar-refractivity contribution in [3.8, 4) is 5.75 Å². The smallest absolute Gasteiger partial charge is 0.256 e. The van der Waals surface area contributed by atoms with Crippen LogP contribution in [0.25, 0.3) is 0 Å². The number of hydrogen-bond acceptors (Lipinski definition) is 5. The molecule has 0 bridgehead atoms. The van der Waals surface area contributed by atoms with Crippen LogP contribution in [0.1, 0.15) is 15.9 Å². The van der Waals surface area contributed by atoms with Crippen molar-refractivity contribution in [1.82, 2.24) is 14.7 Å². The van der Waals surface area contributed by atoms with Gasteiger partial charge in [0.25, 0.3) is 5.91 Å². The second-order valence-corrected chi connectivity index (χ2v) is 7.54. The molecule has 1 N–H and O–H groups in total. The quantitative estimate of drug-likeness (QED) is 0.683. The third-order valence-electron chi connectivity index (χ3n) is 5.38. The highest BCUT2D eigenvalue weighted by molar-refractivity contribution is 6.03. The lowest BCUT2D eigenvalue weighted by Gasteiger charge is -2.34. The number of rotatable bonds is 6. The minimum absolute atomic E-state index is 0.158. The minimum Gasteiger partial charge on any atom is -0.497 e. The van der Waals surface area contributed by atoms with E-state index in [9.17, 15) is 4.79 Å². The zero-order valence-electron chi connectivity index (χ0n) is 17.4. The molecule has 0 aliphatic carbocycles. The van der Waals surface area contributed by atoms with Crippen molar-refractivity contribution in [2.45, 2.75) is 6.54 Å². The predicted octanol–water partition coefficient (Wildman–Crippen LogP) is 2.94. The Morgan fingerprint density at radius 2 is 1.70 bits per heavy atom. The summed E-state index contributed by atoms with van der Waals surface area (Å²) in [6.45, 7) is 4.75. The molecule has 7 heteroatoms. The van der Waals surface area contributed by atoms with Crippen molar-refractivity contribution in [1.29, 1.82) is 0 Å². The second-order valence-electron chi connectivity index (χ2n) is 7.54. The number of anilines is 2. The van der Waals surface area contributed by atoms with Crippen LogP contribution in [-0.2, 0) is 6.54 Å². The van der Waals surface area contributed by atoms with Crippen LogP contribution < -0.4 is 15.0 Å². The molecule has 1 fully saturated rings. The van der Waals surface area contributed by atoms with Crippen molar-refractivity contribution in [2.75, 3.05) is 50.6 Å². The molecule has 1 aliphatic heterocycles. The standard InChI is InChI=1S/C23H27N5O2/c1-26-13-15-27(16-14-26)20-7-5-19(6-8-20)23(29)24-22-11-12-28(25-22)17-18-3-9-21(30-2)10-4-18/h3-12H,13-17H2,1-2H3,(H,24,25,29). The Morgan fingerprint density at radius 1 is 1.00 bits per heavy atom. The van der Waals surface area contributed by atoms with Gasteiger partial charge in [0.1, 0.15) is 5.75 Å². The van der Waals surface area contributed by atoms with Crippen LogP contribution in [0.3, 0.4) is 0 Å². The average molecular weight is 406 g/mol. The Hall–Kier alpha value is -3.32. The molecule has 1 saturated heterocycles. The van der Waals surface area contributed by atoms with Gasteiger partial charge in [0.2, 0.25) is 0 Å². The number of nitrogens with zero attached hydrogens (tertiary/aromatic N) is 4. The highest BCUT2D eigenvalue weighted by atomic mass is 16.5. The first-order valence-corrected chi connectivity index (χ1v) is 10.1. The Balaban J connectivity index is 1.34. The summed E-state index contributed by atoms with van der Waals surface area (Å²) in [5.41, 5.74) is 2.89. The van der Waals surface area contributed by atoms with Crippen LogP contribution in [0.2, 0.25) is 0 Å². The lowest BCUT2D eigenvalue weighted by atomic mass is 10.1. The molecule has 1 aliphatic rings. The van der Waals surface area contributed by atoms with Gasteiger partial charge in [-0.2, -0.15) is 5.10 Å². The van der Waals surface area contributed by atoms with Crippen LogP contribution in [0, 0.1) is 0 Å². The number of amides is 1. The van der Waals surface area contributed by atoms with Gasteiger partial charge >= 0.3 is 0 Å². The monoisotopic (exact) mass is 405 g/mol. The van der Waals surface area contributed by atoms with Gasteiger partial charge in [-0.1, -0.05) is 12.1 Å². The topological polar surface area (TPSA) is 62.6 Å². The lowest BCUT2D eigenvalue weighted by molar-refractivity contribution is 0.102. The van der Waals surface area contributed by atoms with Crippen LogP contribution >= 0.6 is 0 Å². The van der Waals surface area contributed by atoms with Crippen LogP contribution in [0.4, 0.5) is 11.5 Å². The summed E-state index contributed by atoms with van der Waals surface area (Å²) in [5, 5.41) is 7.33. The minimum atomic E-state index is -0.158. The van der Waals surface area contributed by atoms with E-state index in [0.29, 0.717) is 17.9 Å². The maximum atomic E-state index is 12.6. The molecular weight excluding hydrogens is 378 g/mol. The van der Waals surface area contributed by atoms with Crippen LogP contribution in [0.15, 0.2) is 60.8 Å². The number of likely N-dealkylation sites (N-methyl/N-ethyl adjacent to an activating group) is 1. The van der Waals surface area contributed by atoms with Crippen LogP contribution in [-0.4, -0.2) is 60.9 Å². The van der Waals surface area contributed by atoms with Crippen molar-refractivity contribution in [3.05, 3.63) is 71.9 Å². The summed E-state index contributed by atoms with van der Waals surface area (Å²) in [7, 11) is 3.79. The lowest BCUT2D eigenvalue weighted by Crippen LogP contribution is -2.44. The molecule has 7 nitrogen and oxygen atoms in total. The number of nitrogens with one attached hydrogen (secondary N) is 1. The first kappa shape index (κ1) is 20.0. The Bertz CT molecular complexity index is 974. The number of benzene rings is 2. The highest BCUT2D eigenvalue weighted by Crippen LogP contribution is 2.18. The van der Waals surface area contributed by atoms with Crippen molar-refractivity contribution in [2.24, 2.45) is 0 Å². The van der Waals surface area contributed by atoms with E-state index in [1.165, 1.54) is 0 Å². The Labute approximate surface area is 176 Å². The van der Waals surface area contributed by atoms with Gasteiger partial charge in [-0.25, -0.2) is 0 Å². The third-order valence-corrected chi connectivity index (χ3v) is 5.38. The Kier molecular flexibility index (Phi) is 5.99. The van der Waals surface area contributed by atoms with E-state index in [2.05, 4.69) is 27.3 Å². The summed E-state index contributed by atoms with van der Waals surface area (Å²) in [5.74, 6) is 1.21. The van der Waals surface area contributed by atoms with Crippen molar-refractivity contribution >= 4 is 17.4 Å². The van der Waals surface area contributed by atoms with Gasteiger partial charge in [-0.05, 0) is 49.0 Å². The summed E-state index contributed by atoms with van der Waals surface area (Å²) in [6, 6.07) is 17.4. The van der Waals surface area contributed by atoms with E-state index in [-0.39, 0.29) is 5.91 Å². The third kappa shape index (κ3) is 4.80. The van der Waals surface area contributed by atoms with E-state index < -0.39 is 0 Å². The van der Waals surface area contributed by atoms with Crippen LogP contribution in [0.5, 0.6) is 5.75 Å². The van der Waals surface area contributed by atoms with E-state index in [4.69, 9.17) is 4.74 Å². The summed E-state index contributed by atoms with van der Waals surface area (Å²) in [6.07, 6.45) is 1.86. The van der Waals surface area contributed by atoms with Gasteiger partial charge in [-0.3, -0.25) is 9.48 Å².